The number of benzene rings is 2. The highest BCUT2D eigenvalue weighted by Gasteiger charge is 2.24. The zero-order valence-corrected chi connectivity index (χ0v) is 21.2. The van der Waals surface area contributed by atoms with Gasteiger partial charge in [-0.2, -0.15) is 0 Å². The molecule has 3 rings (SSSR count). The predicted octanol–water partition coefficient (Wildman–Crippen LogP) is 4.71. The minimum Gasteiger partial charge on any atom is -0.493 e. The standard InChI is InChI=1S/C21H24BrN3O4S.ClH/c1-24(2)8-9-25(21-23-15-7-6-14(22)12-18(15)30-21)20(26)13-10-16(27-3)19(29-5)17(11-13)28-4;/h6-7,10-12H,8-9H2,1-5H3;1H. The van der Waals surface area contributed by atoms with E-state index in [0.29, 0.717) is 41.0 Å². The number of anilines is 1. The van der Waals surface area contributed by atoms with Crippen molar-refractivity contribution in [3.05, 3.63) is 40.4 Å². The normalized spacial score (nSPS) is 10.7. The maximum atomic E-state index is 13.6. The number of methoxy groups -OCH3 is 3. The Bertz CT molecular complexity index is 1040. The first-order chi connectivity index (χ1) is 14.4. The second kappa shape index (κ2) is 11.0. The molecule has 0 N–H and O–H groups in total. The highest BCUT2D eigenvalue weighted by Crippen LogP contribution is 2.39. The van der Waals surface area contributed by atoms with Crippen molar-refractivity contribution >= 4 is 60.9 Å². The molecule has 0 spiro atoms. The number of rotatable bonds is 8. The van der Waals surface area contributed by atoms with Crippen LogP contribution >= 0.6 is 39.7 Å². The molecule has 2 aromatic carbocycles. The maximum Gasteiger partial charge on any atom is 0.260 e. The van der Waals surface area contributed by atoms with Gasteiger partial charge in [0, 0.05) is 23.1 Å². The maximum absolute atomic E-state index is 13.6. The summed E-state index contributed by atoms with van der Waals surface area (Å²) in [5.41, 5.74) is 1.29. The second-order valence-electron chi connectivity index (χ2n) is 6.78. The van der Waals surface area contributed by atoms with E-state index >= 15 is 0 Å². The molecule has 0 aliphatic heterocycles. The summed E-state index contributed by atoms with van der Waals surface area (Å²) >= 11 is 4.97. The molecule has 3 aromatic rings. The topological polar surface area (TPSA) is 64.1 Å². The molecular weight excluding hydrogens is 506 g/mol. The van der Waals surface area contributed by atoms with Crippen LogP contribution in [0.1, 0.15) is 10.4 Å². The van der Waals surface area contributed by atoms with Crippen LogP contribution in [0.3, 0.4) is 0 Å². The van der Waals surface area contributed by atoms with Crippen molar-refractivity contribution in [3.8, 4) is 17.2 Å². The molecule has 0 bridgehead atoms. The number of fused-ring (bicyclic) bond motifs is 1. The van der Waals surface area contributed by atoms with E-state index in [0.717, 1.165) is 14.7 Å². The van der Waals surface area contributed by atoms with Gasteiger partial charge >= 0.3 is 0 Å². The number of hydrogen-bond acceptors (Lipinski definition) is 7. The van der Waals surface area contributed by atoms with Gasteiger partial charge in [-0.3, -0.25) is 9.69 Å². The first kappa shape index (κ1) is 25.2. The number of aromatic nitrogens is 1. The average molecular weight is 531 g/mol. The zero-order chi connectivity index (χ0) is 21.8. The molecule has 0 aliphatic rings. The second-order valence-corrected chi connectivity index (χ2v) is 8.71. The number of thiazole rings is 1. The molecule has 0 saturated heterocycles. The molecule has 0 aliphatic carbocycles. The van der Waals surface area contributed by atoms with Crippen LogP contribution < -0.4 is 19.1 Å². The third-order valence-corrected chi connectivity index (χ3v) is 6.03. The lowest BCUT2D eigenvalue weighted by Gasteiger charge is -2.23. The first-order valence-electron chi connectivity index (χ1n) is 9.20. The quantitative estimate of drug-likeness (QED) is 0.420. The van der Waals surface area contributed by atoms with Gasteiger partial charge in [0.1, 0.15) is 0 Å². The summed E-state index contributed by atoms with van der Waals surface area (Å²) in [4.78, 5) is 22.0. The fraction of sp³-hybridized carbons (Fsp3) is 0.333. The number of hydrogen-bond donors (Lipinski definition) is 0. The molecule has 0 saturated carbocycles. The van der Waals surface area contributed by atoms with Crippen LogP contribution in [0.5, 0.6) is 17.2 Å². The molecule has 1 amide bonds. The number of ether oxygens (including phenoxy) is 3. The van der Waals surface area contributed by atoms with E-state index in [4.69, 9.17) is 19.2 Å². The number of carbonyl (C=O) groups is 1. The van der Waals surface area contributed by atoms with Gasteiger partial charge in [-0.25, -0.2) is 4.98 Å². The Morgan fingerprint density at radius 3 is 2.23 bits per heavy atom. The van der Waals surface area contributed by atoms with Gasteiger partial charge in [-0.05, 0) is 44.4 Å². The van der Waals surface area contributed by atoms with Gasteiger partial charge in [-0.15, -0.1) is 12.4 Å². The minimum atomic E-state index is -0.186. The Morgan fingerprint density at radius 2 is 1.68 bits per heavy atom. The Labute approximate surface area is 200 Å². The molecule has 168 valence electrons. The van der Waals surface area contributed by atoms with E-state index in [9.17, 15) is 4.79 Å². The molecule has 1 aromatic heterocycles. The van der Waals surface area contributed by atoms with E-state index in [1.165, 1.54) is 32.7 Å². The van der Waals surface area contributed by atoms with Crippen LogP contribution in [0.15, 0.2) is 34.8 Å². The molecule has 0 radical (unpaired) electrons. The smallest absolute Gasteiger partial charge is 0.260 e. The fourth-order valence-corrected chi connectivity index (χ4v) is 4.49. The fourth-order valence-electron chi connectivity index (χ4n) is 2.95. The highest BCUT2D eigenvalue weighted by molar-refractivity contribution is 9.10. The van der Waals surface area contributed by atoms with E-state index in [1.807, 2.05) is 37.2 Å². The SMILES string of the molecule is COc1cc(C(=O)N(CCN(C)C)c2nc3ccc(Br)cc3s2)cc(OC)c1OC.Cl. The van der Waals surface area contributed by atoms with Crippen LogP contribution in [0, 0.1) is 0 Å². The van der Waals surface area contributed by atoms with Gasteiger partial charge in [-0.1, -0.05) is 27.3 Å². The van der Waals surface area contributed by atoms with Crippen LogP contribution in [0.2, 0.25) is 0 Å². The molecular formula is C21H25BrClN3O4S. The molecule has 31 heavy (non-hydrogen) atoms. The third-order valence-electron chi connectivity index (χ3n) is 4.50. The highest BCUT2D eigenvalue weighted by atomic mass is 79.9. The summed E-state index contributed by atoms with van der Waals surface area (Å²) in [6.45, 7) is 1.18. The number of halogens is 2. The molecule has 1 heterocycles. The lowest BCUT2D eigenvalue weighted by atomic mass is 10.1. The van der Waals surface area contributed by atoms with Crippen LogP contribution in [0.25, 0.3) is 10.2 Å². The Hall–Kier alpha value is -2.07. The monoisotopic (exact) mass is 529 g/mol. The van der Waals surface area contributed by atoms with Crippen molar-refractivity contribution in [1.29, 1.82) is 0 Å². The van der Waals surface area contributed by atoms with Crippen molar-refractivity contribution in [2.45, 2.75) is 0 Å². The van der Waals surface area contributed by atoms with Crippen molar-refractivity contribution in [2.24, 2.45) is 0 Å². The minimum absolute atomic E-state index is 0. The predicted molar refractivity (Wildman–Crippen MR) is 131 cm³/mol. The zero-order valence-electron chi connectivity index (χ0n) is 18.0. The first-order valence-corrected chi connectivity index (χ1v) is 10.8. The largest absolute Gasteiger partial charge is 0.493 e. The Morgan fingerprint density at radius 1 is 1.03 bits per heavy atom. The summed E-state index contributed by atoms with van der Waals surface area (Å²) in [7, 11) is 8.53. The van der Waals surface area contributed by atoms with E-state index in [2.05, 4.69) is 15.9 Å². The summed E-state index contributed by atoms with van der Waals surface area (Å²) < 4.78 is 18.2. The molecule has 0 atom stereocenters. The van der Waals surface area contributed by atoms with Crippen molar-refractivity contribution < 1.29 is 19.0 Å². The lowest BCUT2D eigenvalue weighted by molar-refractivity contribution is 0.0984. The van der Waals surface area contributed by atoms with E-state index < -0.39 is 0 Å². The van der Waals surface area contributed by atoms with Gasteiger partial charge < -0.3 is 19.1 Å². The lowest BCUT2D eigenvalue weighted by Crippen LogP contribution is -2.36. The van der Waals surface area contributed by atoms with Crippen molar-refractivity contribution in [1.82, 2.24) is 9.88 Å². The molecule has 0 fully saturated rings. The average Bonchev–Trinajstić information content (AvgIpc) is 3.14. The number of nitrogens with zero attached hydrogens (tertiary/aromatic N) is 3. The number of amides is 1. The summed E-state index contributed by atoms with van der Waals surface area (Å²) in [6, 6.07) is 9.21. The summed E-state index contributed by atoms with van der Waals surface area (Å²) in [5.74, 6) is 1.12. The third kappa shape index (κ3) is 5.60. The Kier molecular flexibility index (Phi) is 8.93. The van der Waals surface area contributed by atoms with Crippen LogP contribution in [-0.4, -0.2) is 64.3 Å². The summed E-state index contributed by atoms with van der Waals surface area (Å²) in [6.07, 6.45) is 0. The number of likely N-dealkylation sites (N-methyl/N-ethyl adjacent to an activating group) is 1. The molecule has 0 unspecified atom stereocenters. The molecule has 10 heteroatoms. The van der Waals surface area contributed by atoms with Gasteiger partial charge in [0.25, 0.3) is 5.91 Å². The Balaban J connectivity index is 0.00000341. The van der Waals surface area contributed by atoms with Gasteiger partial charge in [0.05, 0.1) is 31.5 Å². The van der Waals surface area contributed by atoms with Gasteiger partial charge in [0.2, 0.25) is 5.75 Å². The molecule has 7 nitrogen and oxygen atoms in total. The van der Waals surface area contributed by atoms with E-state index in [1.54, 1.807) is 17.0 Å². The van der Waals surface area contributed by atoms with Crippen LogP contribution in [0.4, 0.5) is 5.13 Å². The summed E-state index contributed by atoms with van der Waals surface area (Å²) in [5, 5.41) is 0.642. The van der Waals surface area contributed by atoms with Crippen LogP contribution in [-0.2, 0) is 0 Å². The van der Waals surface area contributed by atoms with Crippen molar-refractivity contribution in [2.75, 3.05) is 53.4 Å². The van der Waals surface area contributed by atoms with E-state index in [-0.39, 0.29) is 18.3 Å². The number of carbonyl (C=O) groups excluding carboxylic acids is 1. The van der Waals surface area contributed by atoms with Crippen molar-refractivity contribution in [3.63, 3.8) is 0 Å². The van der Waals surface area contributed by atoms with Gasteiger partial charge in [0.15, 0.2) is 16.6 Å².